The van der Waals surface area contributed by atoms with Gasteiger partial charge in [-0.05, 0) is 49.1 Å². The standard InChI is InChI=1S/C21H27N3O3/c1-14(2)13-27-21(26)23-18-10-6-9-17(11-18)22-12-19(25)24-20-15(3)7-5-8-16(20)4/h5-11,14,22H,12-13H2,1-4H3,(H,23,26)(H,24,25). The van der Waals surface area contributed by atoms with Crippen LogP contribution >= 0.6 is 0 Å². The van der Waals surface area contributed by atoms with Gasteiger partial charge in [-0.1, -0.05) is 38.1 Å². The SMILES string of the molecule is Cc1cccc(C)c1NC(=O)CNc1cccc(NC(=O)OCC(C)C)c1. The van der Waals surface area contributed by atoms with Gasteiger partial charge in [-0.25, -0.2) is 4.79 Å². The van der Waals surface area contributed by atoms with Gasteiger partial charge in [-0.3, -0.25) is 10.1 Å². The van der Waals surface area contributed by atoms with Crippen molar-refractivity contribution in [3.8, 4) is 0 Å². The molecule has 0 heterocycles. The number of para-hydroxylation sites is 1. The Bertz CT molecular complexity index is 783. The summed E-state index contributed by atoms with van der Waals surface area (Å²) in [5.41, 5.74) is 4.22. The van der Waals surface area contributed by atoms with Crippen LogP contribution in [0.5, 0.6) is 0 Å². The summed E-state index contributed by atoms with van der Waals surface area (Å²) in [5.74, 6) is 0.140. The minimum absolute atomic E-state index is 0.120. The van der Waals surface area contributed by atoms with Gasteiger partial charge in [0.25, 0.3) is 0 Å². The second-order valence-electron chi connectivity index (χ2n) is 6.87. The van der Waals surface area contributed by atoms with E-state index in [0.717, 1.165) is 22.5 Å². The van der Waals surface area contributed by atoms with Crippen LogP contribution in [-0.2, 0) is 9.53 Å². The van der Waals surface area contributed by atoms with Gasteiger partial charge in [0.1, 0.15) is 0 Å². The third-order valence-corrected chi connectivity index (χ3v) is 3.86. The number of anilines is 3. The fraction of sp³-hybridized carbons (Fsp3) is 0.333. The maximum Gasteiger partial charge on any atom is 0.411 e. The molecule has 144 valence electrons. The predicted molar refractivity (Wildman–Crippen MR) is 109 cm³/mol. The largest absolute Gasteiger partial charge is 0.449 e. The first-order chi connectivity index (χ1) is 12.8. The van der Waals surface area contributed by atoms with Crippen LogP contribution in [0.1, 0.15) is 25.0 Å². The molecule has 6 heteroatoms. The smallest absolute Gasteiger partial charge is 0.411 e. The first-order valence-electron chi connectivity index (χ1n) is 8.99. The predicted octanol–water partition coefficient (Wildman–Crippen LogP) is 4.56. The molecule has 0 radical (unpaired) electrons. The lowest BCUT2D eigenvalue weighted by Crippen LogP contribution is -2.22. The fourth-order valence-electron chi connectivity index (χ4n) is 2.48. The average molecular weight is 369 g/mol. The molecule has 0 unspecified atom stereocenters. The number of hydrogen-bond acceptors (Lipinski definition) is 4. The highest BCUT2D eigenvalue weighted by Crippen LogP contribution is 2.19. The summed E-state index contributed by atoms with van der Waals surface area (Å²) in [6, 6.07) is 13.0. The third-order valence-electron chi connectivity index (χ3n) is 3.86. The Kier molecular flexibility index (Phi) is 7.23. The number of aryl methyl sites for hydroxylation is 2. The number of benzene rings is 2. The van der Waals surface area contributed by atoms with Crippen LogP contribution in [0.4, 0.5) is 21.9 Å². The fourth-order valence-corrected chi connectivity index (χ4v) is 2.48. The minimum atomic E-state index is -0.492. The molecule has 0 aliphatic carbocycles. The zero-order chi connectivity index (χ0) is 19.8. The molecule has 2 aromatic rings. The molecule has 2 rings (SSSR count). The number of carbonyl (C=O) groups excluding carboxylic acids is 2. The van der Waals surface area contributed by atoms with E-state index in [-0.39, 0.29) is 18.4 Å². The van der Waals surface area contributed by atoms with E-state index in [0.29, 0.717) is 12.3 Å². The van der Waals surface area contributed by atoms with Crippen LogP contribution in [0.3, 0.4) is 0 Å². The number of nitrogens with one attached hydrogen (secondary N) is 3. The highest BCUT2D eigenvalue weighted by Gasteiger charge is 2.08. The Balaban J connectivity index is 1.88. The molecule has 6 nitrogen and oxygen atoms in total. The van der Waals surface area contributed by atoms with Gasteiger partial charge >= 0.3 is 6.09 Å². The lowest BCUT2D eigenvalue weighted by molar-refractivity contribution is -0.114. The van der Waals surface area contributed by atoms with Gasteiger partial charge in [0, 0.05) is 17.1 Å². The molecule has 0 aliphatic heterocycles. The zero-order valence-electron chi connectivity index (χ0n) is 16.3. The summed E-state index contributed by atoms with van der Waals surface area (Å²) < 4.78 is 5.10. The van der Waals surface area contributed by atoms with E-state index in [1.54, 1.807) is 18.2 Å². The molecular weight excluding hydrogens is 342 g/mol. The molecule has 0 aromatic heterocycles. The maximum atomic E-state index is 12.2. The Morgan fingerprint density at radius 3 is 2.26 bits per heavy atom. The van der Waals surface area contributed by atoms with Gasteiger partial charge in [-0.2, -0.15) is 0 Å². The zero-order valence-corrected chi connectivity index (χ0v) is 16.3. The Morgan fingerprint density at radius 2 is 1.59 bits per heavy atom. The lowest BCUT2D eigenvalue weighted by atomic mass is 10.1. The monoisotopic (exact) mass is 369 g/mol. The quantitative estimate of drug-likeness (QED) is 0.668. The minimum Gasteiger partial charge on any atom is -0.449 e. The van der Waals surface area contributed by atoms with Crippen molar-refractivity contribution in [1.82, 2.24) is 0 Å². The molecule has 0 atom stereocenters. The topological polar surface area (TPSA) is 79.5 Å². The van der Waals surface area contributed by atoms with Crippen molar-refractivity contribution in [3.63, 3.8) is 0 Å². The van der Waals surface area contributed by atoms with E-state index in [2.05, 4.69) is 16.0 Å². The molecule has 0 saturated heterocycles. The molecule has 0 bridgehead atoms. The molecular formula is C21H27N3O3. The number of hydrogen-bond donors (Lipinski definition) is 3. The van der Waals surface area contributed by atoms with Crippen molar-refractivity contribution >= 4 is 29.1 Å². The van der Waals surface area contributed by atoms with Crippen LogP contribution in [0.25, 0.3) is 0 Å². The average Bonchev–Trinajstić information content (AvgIpc) is 2.62. The molecule has 0 spiro atoms. The Hall–Kier alpha value is -3.02. The highest BCUT2D eigenvalue weighted by atomic mass is 16.5. The van der Waals surface area contributed by atoms with Crippen LogP contribution in [-0.4, -0.2) is 25.2 Å². The van der Waals surface area contributed by atoms with Crippen LogP contribution in [0, 0.1) is 19.8 Å². The molecule has 0 aliphatic rings. The van der Waals surface area contributed by atoms with Gasteiger partial charge in [0.05, 0.1) is 13.2 Å². The molecule has 0 saturated carbocycles. The Labute approximate surface area is 160 Å². The van der Waals surface area contributed by atoms with Crippen molar-refractivity contribution in [3.05, 3.63) is 53.6 Å². The number of ether oxygens (including phenoxy) is 1. The number of amides is 2. The second-order valence-corrected chi connectivity index (χ2v) is 6.87. The molecule has 0 fully saturated rings. The second kappa shape index (κ2) is 9.62. The summed E-state index contributed by atoms with van der Waals surface area (Å²) in [4.78, 5) is 24.0. The highest BCUT2D eigenvalue weighted by molar-refractivity contribution is 5.95. The van der Waals surface area contributed by atoms with Gasteiger partial charge < -0.3 is 15.4 Å². The molecule has 2 aromatic carbocycles. The normalized spacial score (nSPS) is 10.4. The van der Waals surface area contributed by atoms with E-state index >= 15 is 0 Å². The van der Waals surface area contributed by atoms with Gasteiger partial charge in [0.2, 0.25) is 5.91 Å². The molecule has 3 N–H and O–H groups in total. The van der Waals surface area contributed by atoms with Crippen molar-refractivity contribution in [2.45, 2.75) is 27.7 Å². The van der Waals surface area contributed by atoms with Crippen LogP contribution in [0.15, 0.2) is 42.5 Å². The maximum absolute atomic E-state index is 12.2. The lowest BCUT2D eigenvalue weighted by Gasteiger charge is -2.13. The van der Waals surface area contributed by atoms with E-state index in [1.807, 2.05) is 52.0 Å². The van der Waals surface area contributed by atoms with E-state index in [1.165, 1.54) is 0 Å². The van der Waals surface area contributed by atoms with Crippen molar-refractivity contribution in [2.24, 2.45) is 5.92 Å². The van der Waals surface area contributed by atoms with Gasteiger partial charge in [0.15, 0.2) is 0 Å². The summed E-state index contributed by atoms with van der Waals surface area (Å²) in [5, 5.41) is 8.67. The van der Waals surface area contributed by atoms with Crippen molar-refractivity contribution < 1.29 is 14.3 Å². The summed E-state index contributed by atoms with van der Waals surface area (Å²) >= 11 is 0. The van der Waals surface area contributed by atoms with E-state index in [9.17, 15) is 9.59 Å². The molecule has 2 amide bonds. The first kappa shape index (κ1) is 20.3. The van der Waals surface area contributed by atoms with Crippen molar-refractivity contribution in [1.29, 1.82) is 0 Å². The summed E-state index contributed by atoms with van der Waals surface area (Å²) in [6.07, 6.45) is -0.492. The van der Waals surface area contributed by atoms with Gasteiger partial charge in [-0.15, -0.1) is 0 Å². The summed E-state index contributed by atoms with van der Waals surface area (Å²) in [6.45, 7) is 8.35. The Morgan fingerprint density at radius 1 is 0.963 bits per heavy atom. The number of rotatable bonds is 7. The number of carbonyl (C=O) groups is 2. The van der Waals surface area contributed by atoms with Crippen molar-refractivity contribution in [2.75, 3.05) is 29.1 Å². The van der Waals surface area contributed by atoms with Crippen LogP contribution in [0.2, 0.25) is 0 Å². The molecule has 27 heavy (non-hydrogen) atoms. The third kappa shape index (κ3) is 6.66. The van der Waals surface area contributed by atoms with E-state index in [4.69, 9.17) is 4.74 Å². The first-order valence-corrected chi connectivity index (χ1v) is 8.99. The van der Waals surface area contributed by atoms with E-state index < -0.39 is 6.09 Å². The summed E-state index contributed by atoms with van der Waals surface area (Å²) in [7, 11) is 0. The van der Waals surface area contributed by atoms with Crippen LogP contribution < -0.4 is 16.0 Å².